The molecule has 2 amide bonds. The Labute approximate surface area is 116 Å². The number of hydrogen-bond acceptors (Lipinski definition) is 5. The van der Waals surface area contributed by atoms with Gasteiger partial charge in [0.05, 0.1) is 7.11 Å². The van der Waals surface area contributed by atoms with Gasteiger partial charge >= 0.3 is 5.97 Å². The molecule has 0 unspecified atom stereocenters. The van der Waals surface area contributed by atoms with E-state index in [1.54, 1.807) is 18.2 Å². The highest BCUT2D eigenvalue weighted by Crippen LogP contribution is 2.12. The lowest BCUT2D eigenvalue weighted by molar-refractivity contribution is -0.152. The van der Waals surface area contributed by atoms with Crippen molar-refractivity contribution in [3.63, 3.8) is 0 Å². The first-order valence-corrected chi connectivity index (χ1v) is 5.85. The van der Waals surface area contributed by atoms with Gasteiger partial charge in [0.15, 0.2) is 6.10 Å². The van der Waals surface area contributed by atoms with Crippen molar-refractivity contribution in [2.75, 3.05) is 13.7 Å². The number of hydrogen-bond donors (Lipinski definition) is 2. The molecule has 0 spiro atoms. The van der Waals surface area contributed by atoms with Gasteiger partial charge in [0.25, 0.3) is 11.8 Å². The van der Waals surface area contributed by atoms with Crippen LogP contribution in [0.15, 0.2) is 24.3 Å². The monoisotopic (exact) mass is 280 g/mol. The topological polar surface area (TPSA) is 108 Å². The minimum Gasteiger partial charge on any atom is -0.497 e. The van der Waals surface area contributed by atoms with Crippen molar-refractivity contribution in [2.24, 2.45) is 5.73 Å². The largest absolute Gasteiger partial charge is 0.497 e. The van der Waals surface area contributed by atoms with Gasteiger partial charge in [0.2, 0.25) is 0 Å². The van der Waals surface area contributed by atoms with Crippen molar-refractivity contribution in [1.82, 2.24) is 5.32 Å². The van der Waals surface area contributed by atoms with E-state index >= 15 is 0 Å². The molecule has 0 saturated heterocycles. The molecule has 0 radical (unpaired) electrons. The molecule has 1 rings (SSSR count). The summed E-state index contributed by atoms with van der Waals surface area (Å²) in [4.78, 5) is 33.8. The van der Waals surface area contributed by atoms with Crippen LogP contribution >= 0.6 is 0 Å². The lowest BCUT2D eigenvalue weighted by Crippen LogP contribution is -2.36. The van der Waals surface area contributed by atoms with Crippen LogP contribution in [0.25, 0.3) is 0 Å². The molecule has 0 saturated carbocycles. The van der Waals surface area contributed by atoms with Gasteiger partial charge in [-0.1, -0.05) is 6.07 Å². The van der Waals surface area contributed by atoms with Gasteiger partial charge in [-0.3, -0.25) is 14.4 Å². The van der Waals surface area contributed by atoms with Crippen molar-refractivity contribution in [3.05, 3.63) is 29.8 Å². The number of benzene rings is 1. The van der Waals surface area contributed by atoms with Crippen molar-refractivity contribution in [2.45, 2.75) is 13.0 Å². The maximum atomic E-state index is 11.8. The van der Waals surface area contributed by atoms with E-state index in [0.717, 1.165) is 0 Å². The average Bonchev–Trinajstić information content (AvgIpc) is 2.44. The number of carbonyl (C=O) groups is 3. The Kier molecular flexibility index (Phi) is 5.52. The Morgan fingerprint density at radius 2 is 2.05 bits per heavy atom. The van der Waals surface area contributed by atoms with E-state index in [2.05, 4.69) is 5.32 Å². The second-order valence-corrected chi connectivity index (χ2v) is 3.95. The number of carbonyl (C=O) groups excluding carboxylic acids is 3. The first kappa shape index (κ1) is 15.5. The summed E-state index contributed by atoms with van der Waals surface area (Å²) in [6.07, 6.45) is -1.03. The second-order valence-electron chi connectivity index (χ2n) is 3.95. The van der Waals surface area contributed by atoms with Gasteiger partial charge in [-0.25, -0.2) is 0 Å². The van der Waals surface area contributed by atoms with Crippen molar-refractivity contribution < 1.29 is 23.9 Å². The zero-order valence-electron chi connectivity index (χ0n) is 11.2. The molecule has 0 aliphatic rings. The van der Waals surface area contributed by atoms with E-state index in [4.69, 9.17) is 15.2 Å². The van der Waals surface area contributed by atoms with E-state index in [1.807, 2.05) is 0 Å². The van der Waals surface area contributed by atoms with Crippen LogP contribution in [-0.2, 0) is 14.3 Å². The van der Waals surface area contributed by atoms with Crippen LogP contribution < -0.4 is 15.8 Å². The van der Waals surface area contributed by atoms with Crippen LogP contribution in [0.4, 0.5) is 0 Å². The van der Waals surface area contributed by atoms with Gasteiger partial charge in [-0.05, 0) is 25.1 Å². The molecule has 0 aliphatic carbocycles. The third-order valence-electron chi connectivity index (χ3n) is 2.43. The number of amides is 2. The van der Waals surface area contributed by atoms with E-state index in [9.17, 15) is 14.4 Å². The van der Waals surface area contributed by atoms with Crippen molar-refractivity contribution >= 4 is 17.8 Å². The fraction of sp³-hybridized carbons (Fsp3) is 0.308. The molecule has 20 heavy (non-hydrogen) atoms. The van der Waals surface area contributed by atoms with Crippen LogP contribution in [0.3, 0.4) is 0 Å². The van der Waals surface area contributed by atoms with Gasteiger partial charge in [0.1, 0.15) is 12.3 Å². The summed E-state index contributed by atoms with van der Waals surface area (Å²) in [6, 6.07) is 6.46. The average molecular weight is 280 g/mol. The number of nitrogens with one attached hydrogen (secondary N) is 1. The summed E-state index contributed by atoms with van der Waals surface area (Å²) in [6.45, 7) is 0.998. The zero-order chi connectivity index (χ0) is 15.1. The molecule has 3 N–H and O–H groups in total. The van der Waals surface area contributed by atoms with Gasteiger partial charge < -0.3 is 20.5 Å². The molecule has 7 nitrogen and oxygen atoms in total. The zero-order valence-corrected chi connectivity index (χ0v) is 11.2. The molecule has 0 aliphatic heterocycles. The molecule has 1 atom stereocenters. The molecule has 1 aromatic rings. The first-order valence-electron chi connectivity index (χ1n) is 5.85. The third-order valence-corrected chi connectivity index (χ3v) is 2.43. The SMILES string of the molecule is COc1cccc(C(=O)NCC(=O)O[C@H](C)C(N)=O)c1. The van der Waals surface area contributed by atoms with Crippen LogP contribution in [-0.4, -0.2) is 37.5 Å². The molecular weight excluding hydrogens is 264 g/mol. The highest BCUT2D eigenvalue weighted by atomic mass is 16.5. The summed E-state index contributed by atoms with van der Waals surface area (Å²) < 4.78 is 9.68. The minimum atomic E-state index is -1.03. The Hall–Kier alpha value is -2.57. The van der Waals surface area contributed by atoms with E-state index < -0.39 is 23.9 Å². The molecular formula is C13H16N2O5. The fourth-order valence-electron chi connectivity index (χ4n) is 1.32. The predicted molar refractivity (Wildman–Crippen MR) is 70.1 cm³/mol. The number of esters is 1. The Bertz CT molecular complexity index is 515. The Morgan fingerprint density at radius 3 is 2.65 bits per heavy atom. The molecule has 0 fully saturated rings. The van der Waals surface area contributed by atoms with Gasteiger partial charge in [-0.2, -0.15) is 0 Å². The van der Waals surface area contributed by atoms with Crippen molar-refractivity contribution in [1.29, 1.82) is 0 Å². The molecule has 0 bridgehead atoms. The summed E-state index contributed by atoms with van der Waals surface area (Å²) in [7, 11) is 1.49. The maximum absolute atomic E-state index is 11.8. The maximum Gasteiger partial charge on any atom is 0.326 e. The quantitative estimate of drug-likeness (QED) is 0.704. The van der Waals surface area contributed by atoms with Crippen molar-refractivity contribution in [3.8, 4) is 5.75 Å². The summed E-state index contributed by atoms with van der Waals surface area (Å²) in [5, 5.41) is 2.37. The molecule has 0 aromatic heterocycles. The summed E-state index contributed by atoms with van der Waals surface area (Å²) in [5.74, 6) is -1.42. The van der Waals surface area contributed by atoms with Gasteiger partial charge in [0, 0.05) is 5.56 Å². The number of nitrogens with two attached hydrogens (primary N) is 1. The highest BCUT2D eigenvalue weighted by molar-refractivity contribution is 5.96. The van der Waals surface area contributed by atoms with E-state index in [0.29, 0.717) is 11.3 Å². The Morgan fingerprint density at radius 1 is 1.35 bits per heavy atom. The van der Waals surface area contributed by atoms with Crippen LogP contribution in [0.5, 0.6) is 5.75 Å². The summed E-state index contributed by atoms with van der Waals surface area (Å²) in [5.41, 5.74) is 5.29. The lowest BCUT2D eigenvalue weighted by atomic mass is 10.2. The van der Waals surface area contributed by atoms with Crippen LogP contribution in [0, 0.1) is 0 Å². The molecule has 108 valence electrons. The summed E-state index contributed by atoms with van der Waals surface area (Å²) >= 11 is 0. The smallest absolute Gasteiger partial charge is 0.326 e. The Balaban J connectivity index is 2.50. The van der Waals surface area contributed by atoms with Crippen LogP contribution in [0.2, 0.25) is 0 Å². The molecule has 0 heterocycles. The van der Waals surface area contributed by atoms with Crippen LogP contribution in [0.1, 0.15) is 17.3 Å². The number of ether oxygens (including phenoxy) is 2. The van der Waals surface area contributed by atoms with E-state index in [1.165, 1.54) is 20.1 Å². The lowest BCUT2D eigenvalue weighted by Gasteiger charge is -2.10. The predicted octanol–water partition coefficient (Wildman–Crippen LogP) is -0.158. The first-order chi connectivity index (χ1) is 9.43. The number of primary amides is 1. The fourth-order valence-corrected chi connectivity index (χ4v) is 1.32. The van der Waals surface area contributed by atoms with Gasteiger partial charge in [-0.15, -0.1) is 0 Å². The number of rotatable bonds is 6. The standard InChI is InChI=1S/C13H16N2O5/c1-8(12(14)17)20-11(16)7-15-13(18)9-4-3-5-10(6-9)19-2/h3-6,8H,7H2,1-2H3,(H2,14,17)(H,15,18)/t8-/m1/s1. The molecule has 7 heteroatoms. The second kappa shape index (κ2) is 7.13. The van der Waals surface area contributed by atoms with E-state index in [-0.39, 0.29) is 6.54 Å². The number of methoxy groups -OCH3 is 1. The normalized spacial score (nSPS) is 11.3. The highest BCUT2D eigenvalue weighted by Gasteiger charge is 2.15. The third kappa shape index (κ3) is 4.60. The minimum absolute atomic E-state index is 0.347. The molecule has 1 aromatic carbocycles.